The van der Waals surface area contributed by atoms with Crippen molar-refractivity contribution in [3.63, 3.8) is 0 Å². The molecule has 1 aromatic carbocycles. The third-order valence-electron chi connectivity index (χ3n) is 2.36. The van der Waals surface area contributed by atoms with Crippen LogP contribution in [0, 0.1) is 0 Å². The fourth-order valence-electron chi connectivity index (χ4n) is 1.48. The molecule has 0 unspecified atom stereocenters. The lowest BCUT2D eigenvalue weighted by Gasteiger charge is -2.08. The quantitative estimate of drug-likeness (QED) is 0.813. The van der Waals surface area contributed by atoms with Crippen molar-refractivity contribution < 1.29 is 4.74 Å². The summed E-state index contributed by atoms with van der Waals surface area (Å²) in [4.78, 5) is 18.4. The SMILES string of the molecule is CC(C)c1nc(Oc2cccc(N)c2)cc(=O)[nH]1. The van der Waals surface area contributed by atoms with Crippen LogP contribution in [0.4, 0.5) is 5.69 Å². The number of hydrogen-bond donors (Lipinski definition) is 2. The number of benzene rings is 1. The Balaban J connectivity index is 2.32. The molecule has 0 atom stereocenters. The van der Waals surface area contributed by atoms with E-state index in [1.165, 1.54) is 6.07 Å². The average molecular weight is 245 g/mol. The highest BCUT2D eigenvalue weighted by atomic mass is 16.5. The number of nitrogen functional groups attached to an aromatic ring is 1. The minimum Gasteiger partial charge on any atom is -0.439 e. The van der Waals surface area contributed by atoms with Gasteiger partial charge >= 0.3 is 0 Å². The number of nitrogens with zero attached hydrogens (tertiary/aromatic N) is 1. The minimum absolute atomic E-state index is 0.127. The summed E-state index contributed by atoms with van der Waals surface area (Å²) in [5.74, 6) is 1.55. The van der Waals surface area contributed by atoms with Gasteiger partial charge in [0, 0.05) is 17.7 Å². The molecule has 2 rings (SSSR count). The summed E-state index contributed by atoms with van der Waals surface area (Å²) in [5, 5.41) is 0. The molecular formula is C13H15N3O2. The zero-order valence-corrected chi connectivity index (χ0v) is 10.3. The lowest BCUT2D eigenvalue weighted by molar-refractivity contribution is 0.456. The molecule has 94 valence electrons. The van der Waals surface area contributed by atoms with E-state index >= 15 is 0 Å². The van der Waals surface area contributed by atoms with Gasteiger partial charge in [-0.2, -0.15) is 4.98 Å². The van der Waals surface area contributed by atoms with E-state index in [9.17, 15) is 4.79 Å². The molecule has 0 amide bonds. The molecule has 2 aromatic rings. The van der Waals surface area contributed by atoms with Crippen molar-refractivity contribution in [2.24, 2.45) is 0 Å². The van der Waals surface area contributed by atoms with Gasteiger partial charge < -0.3 is 15.5 Å². The Morgan fingerprint density at radius 2 is 2.11 bits per heavy atom. The fourth-order valence-corrected chi connectivity index (χ4v) is 1.48. The number of aromatic nitrogens is 2. The fraction of sp³-hybridized carbons (Fsp3) is 0.231. The summed E-state index contributed by atoms with van der Waals surface area (Å²) in [6, 6.07) is 8.29. The average Bonchev–Trinajstić information content (AvgIpc) is 2.28. The van der Waals surface area contributed by atoms with Gasteiger partial charge in [0.05, 0.1) is 6.07 Å². The standard InChI is InChI=1S/C13H15N3O2/c1-8(2)13-15-11(17)7-12(16-13)18-10-5-3-4-9(14)6-10/h3-8H,14H2,1-2H3,(H,15,16,17). The highest BCUT2D eigenvalue weighted by Gasteiger charge is 2.06. The van der Waals surface area contributed by atoms with Crippen LogP contribution in [0.5, 0.6) is 11.6 Å². The molecule has 0 saturated carbocycles. The molecule has 0 spiro atoms. The van der Waals surface area contributed by atoms with Crippen LogP contribution in [0.15, 0.2) is 35.1 Å². The van der Waals surface area contributed by atoms with Gasteiger partial charge in [0.15, 0.2) is 0 Å². The van der Waals surface area contributed by atoms with Gasteiger partial charge in [-0.1, -0.05) is 19.9 Å². The molecule has 1 aromatic heterocycles. The first-order valence-electron chi connectivity index (χ1n) is 5.69. The Kier molecular flexibility index (Phi) is 3.32. The predicted octanol–water partition coefficient (Wildman–Crippen LogP) is 2.27. The summed E-state index contributed by atoms with van der Waals surface area (Å²) in [6.07, 6.45) is 0. The molecule has 1 heterocycles. The Bertz CT molecular complexity index is 605. The summed E-state index contributed by atoms with van der Waals surface area (Å²) in [6.45, 7) is 3.89. The maximum absolute atomic E-state index is 11.5. The van der Waals surface area contributed by atoms with Crippen molar-refractivity contribution in [2.45, 2.75) is 19.8 Å². The van der Waals surface area contributed by atoms with E-state index in [4.69, 9.17) is 10.5 Å². The number of nitrogens with one attached hydrogen (secondary N) is 1. The lowest BCUT2D eigenvalue weighted by Crippen LogP contribution is -2.11. The van der Waals surface area contributed by atoms with Gasteiger partial charge in [0.2, 0.25) is 5.88 Å². The molecule has 5 heteroatoms. The molecule has 18 heavy (non-hydrogen) atoms. The third-order valence-corrected chi connectivity index (χ3v) is 2.36. The van der Waals surface area contributed by atoms with Crippen LogP contribution < -0.4 is 16.0 Å². The van der Waals surface area contributed by atoms with Gasteiger partial charge in [0.1, 0.15) is 11.6 Å². The highest BCUT2D eigenvalue weighted by molar-refractivity contribution is 5.44. The maximum atomic E-state index is 11.5. The maximum Gasteiger partial charge on any atom is 0.254 e. The Morgan fingerprint density at radius 3 is 2.78 bits per heavy atom. The second-order valence-corrected chi connectivity index (χ2v) is 4.30. The van der Waals surface area contributed by atoms with Crippen molar-refractivity contribution in [1.82, 2.24) is 9.97 Å². The van der Waals surface area contributed by atoms with E-state index in [-0.39, 0.29) is 17.4 Å². The Hall–Kier alpha value is -2.30. The zero-order valence-electron chi connectivity index (χ0n) is 10.3. The van der Waals surface area contributed by atoms with Crippen LogP contribution in [0.1, 0.15) is 25.6 Å². The summed E-state index contributed by atoms with van der Waals surface area (Å²) in [7, 11) is 0. The highest BCUT2D eigenvalue weighted by Crippen LogP contribution is 2.21. The van der Waals surface area contributed by atoms with Gasteiger partial charge in [-0.25, -0.2) is 0 Å². The summed E-state index contributed by atoms with van der Waals surface area (Å²) >= 11 is 0. The van der Waals surface area contributed by atoms with Crippen LogP contribution in [-0.4, -0.2) is 9.97 Å². The first-order valence-corrected chi connectivity index (χ1v) is 5.69. The number of hydrogen-bond acceptors (Lipinski definition) is 4. The number of nitrogens with two attached hydrogens (primary N) is 1. The second kappa shape index (κ2) is 4.91. The molecule has 0 bridgehead atoms. The van der Waals surface area contributed by atoms with E-state index in [2.05, 4.69) is 9.97 Å². The van der Waals surface area contributed by atoms with Crippen LogP contribution in [0.25, 0.3) is 0 Å². The number of rotatable bonds is 3. The molecule has 0 aliphatic heterocycles. The second-order valence-electron chi connectivity index (χ2n) is 4.30. The van der Waals surface area contributed by atoms with E-state index in [0.717, 1.165) is 0 Å². The van der Waals surface area contributed by atoms with E-state index in [1.54, 1.807) is 24.3 Å². The number of aromatic amines is 1. The first kappa shape index (κ1) is 12.2. The third kappa shape index (κ3) is 2.88. The molecule has 0 saturated heterocycles. The molecule has 0 radical (unpaired) electrons. The van der Waals surface area contributed by atoms with Crippen LogP contribution in [0.3, 0.4) is 0 Å². The van der Waals surface area contributed by atoms with E-state index in [1.807, 2.05) is 13.8 Å². The number of anilines is 1. The van der Waals surface area contributed by atoms with Crippen molar-refractivity contribution in [3.05, 3.63) is 46.5 Å². The molecular weight excluding hydrogens is 230 g/mol. The normalized spacial score (nSPS) is 10.6. The van der Waals surface area contributed by atoms with Gasteiger partial charge in [-0.05, 0) is 12.1 Å². The molecule has 0 aliphatic rings. The van der Waals surface area contributed by atoms with Crippen LogP contribution in [0.2, 0.25) is 0 Å². The molecule has 0 fully saturated rings. The van der Waals surface area contributed by atoms with Crippen molar-refractivity contribution in [1.29, 1.82) is 0 Å². The Labute approximate surface area is 105 Å². The topological polar surface area (TPSA) is 81.0 Å². The van der Waals surface area contributed by atoms with Gasteiger partial charge in [-0.3, -0.25) is 4.79 Å². The van der Waals surface area contributed by atoms with Crippen molar-refractivity contribution >= 4 is 5.69 Å². The zero-order chi connectivity index (χ0) is 13.1. The van der Waals surface area contributed by atoms with E-state index in [0.29, 0.717) is 17.3 Å². The first-order chi connectivity index (χ1) is 8.54. The molecule has 5 nitrogen and oxygen atoms in total. The number of H-pyrrole nitrogens is 1. The monoisotopic (exact) mass is 245 g/mol. The van der Waals surface area contributed by atoms with Gasteiger partial charge in [0.25, 0.3) is 5.56 Å². The predicted molar refractivity (Wildman–Crippen MR) is 69.9 cm³/mol. The number of ether oxygens (including phenoxy) is 1. The van der Waals surface area contributed by atoms with Gasteiger partial charge in [-0.15, -0.1) is 0 Å². The molecule has 0 aliphatic carbocycles. The largest absolute Gasteiger partial charge is 0.439 e. The minimum atomic E-state index is -0.229. The van der Waals surface area contributed by atoms with Crippen LogP contribution >= 0.6 is 0 Å². The Morgan fingerprint density at radius 1 is 1.33 bits per heavy atom. The summed E-state index contributed by atoms with van der Waals surface area (Å²) in [5.41, 5.74) is 6.02. The van der Waals surface area contributed by atoms with Crippen molar-refractivity contribution in [3.8, 4) is 11.6 Å². The van der Waals surface area contributed by atoms with Crippen LogP contribution in [-0.2, 0) is 0 Å². The molecule has 3 N–H and O–H groups in total. The van der Waals surface area contributed by atoms with Crippen molar-refractivity contribution in [2.75, 3.05) is 5.73 Å². The summed E-state index contributed by atoms with van der Waals surface area (Å²) < 4.78 is 5.52. The smallest absolute Gasteiger partial charge is 0.254 e. The van der Waals surface area contributed by atoms with E-state index < -0.39 is 0 Å². The lowest BCUT2D eigenvalue weighted by atomic mass is 10.2.